The molecule has 0 N–H and O–H groups in total. The van der Waals surface area contributed by atoms with Crippen LogP contribution in [0.15, 0.2) is 192 Å². The van der Waals surface area contributed by atoms with E-state index in [1.54, 1.807) is 0 Å². The van der Waals surface area contributed by atoms with Crippen molar-refractivity contribution in [3.05, 3.63) is 199 Å². The van der Waals surface area contributed by atoms with Crippen molar-refractivity contribution in [1.29, 1.82) is 0 Å². The normalized spacial score (nSPS) is 13.1. The molecule has 55 heavy (non-hydrogen) atoms. The van der Waals surface area contributed by atoms with Crippen LogP contribution in [0, 0.1) is 0 Å². The maximum atomic E-state index is 6.26. The summed E-state index contributed by atoms with van der Waals surface area (Å²) in [5.41, 5.74) is 15.2. The van der Waals surface area contributed by atoms with Gasteiger partial charge >= 0.3 is 0 Å². The van der Waals surface area contributed by atoms with Gasteiger partial charge in [-0.25, -0.2) is 0 Å². The fourth-order valence-electron chi connectivity index (χ4n) is 9.14. The average Bonchev–Trinajstić information content (AvgIpc) is 3.71. The molecule has 1 aliphatic carbocycles. The van der Waals surface area contributed by atoms with Crippen molar-refractivity contribution >= 4 is 60.5 Å². The lowest BCUT2D eigenvalue weighted by molar-refractivity contribution is 0.660. The minimum atomic E-state index is -0.114. The predicted octanol–water partition coefficient (Wildman–Crippen LogP) is 15.0. The Morgan fingerprint density at radius 3 is 1.95 bits per heavy atom. The third kappa shape index (κ3) is 4.88. The van der Waals surface area contributed by atoms with Crippen molar-refractivity contribution in [2.24, 2.45) is 0 Å². The second-order valence-electron chi connectivity index (χ2n) is 15.3. The highest BCUT2D eigenvalue weighted by Crippen LogP contribution is 2.55. The molecule has 0 aliphatic heterocycles. The number of fused-ring (bicyclic) bond motifs is 8. The first kappa shape index (κ1) is 31.6. The van der Waals surface area contributed by atoms with E-state index in [0.717, 1.165) is 33.3 Å². The SMILES string of the molecule is CC1(C)c2ccccc2-c2c(N(c3ccc(-c4ccc5cc6c(cc5c4)oc4ccccc46)cc3)c3ccccc3-c3cccc4ccccc34)cccc21. The highest BCUT2D eigenvalue weighted by atomic mass is 16.3. The van der Waals surface area contributed by atoms with E-state index in [4.69, 9.17) is 4.42 Å². The van der Waals surface area contributed by atoms with Crippen molar-refractivity contribution in [2.75, 3.05) is 4.90 Å². The number of benzene rings is 9. The number of para-hydroxylation sites is 2. The van der Waals surface area contributed by atoms with E-state index in [1.807, 2.05) is 12.1 Å². The summed E-state index contributed by atoms with van der Waals surface area (Å²) < 4.78 is 6.26. The van der Waals surface area contributed by atoms with Gasteiger partial charge in [0, 0.05) is 33.0 Å². The van der Waals surface area contributed by atoms with Gasteiger partial charge in [-0.3, -0.25) is 0 Å². The quantitative estimate of drug-likeness (QED) is 0.177. The zero-order valence-electron chi connectivity index (χ0n) is 30.8. The van der Waals surface area contributed by atoms with Crippen LogP contribution in [0.2, 0.25) is 0 Å². The molecule has 11 rings (SSSR count). The van der Waals surface area contributed by atoms with Crippen LogP contribution in [-0.2, 0) is 5.41 Å². The standard InChI is InChI=1S/C53H37NO/c1-53(2)46-20-8-5-18-44(46)52-47(53)21-12-23-49(52)54(48-22-9-6-16-42(48)41-19-11-14-35-13-3-4-15-40(35)41)39-29-27-34(28-30-39)36-25-26-37-32-45-43-17-7-10-24-50(43)55-51(45)33-38(37)31-36/h3-33H,1-2H3. The molecular weight excluding hydrogens is 667 g/mol. The molecule has 0 saturated heterocycles. The summed E-state index contributed by atoms with van der Waals surface area (Å²) in [6.45, 7) is 4.71. The Kier molecular flexibility index (Phi) is 6.93. The second-order valence-corrected chi connectivity index (χ2v) is 15.3. The summed E-state index contributed by atoms with van der Waals surface area (Å²) >= 11 is 0. The average molecular weight is 704 g/mol. The fourth-order valence-corrected chi connectivity index (χ4v) is 9.14. The van der Waals surface area contributed by atoms with Crippen molar-refractivity contribution in [2.45, 2.75) is 19.3 Å². The Labute approximate surface area is 320 Å². The molecule has 0 amide bonds. The van der Waals surface area contributed by atoms with E-state index in [1.165, 1.54) is 71.7 Å². The largest absolute Gasteiger partial charge is 0.456 e. The minimum Gasteiger partial charge on any atom is -0.456 e. The molecule has 260 valence electrons. The first-order valence-corrected chi connectivity index (χ1v) is 19.1. The van der Waals surface area contributed by atoms with Crippen LogP contribution < -0.4 is 4.90 Å². The molecule has 2 heteroatoms. The summed E-state index contributed by atoms with van der Waals surface area (Å²) in [6.07, 6.45) is 0. The Balaban J connectivity index is 1.09. The molecule has 0 fully saturated rings. The molecule has 0 spiro atoms. The van der Waals surface area contributed by atoms with Gasteiger partial charge < -0.3 is 9.32 Å². The van der Waals surface area contributed by atoms with E-state index in [0.29, 0.717) is 0 Å². The van der Waals surface area contributed by atoms with Crippen LogP contribution in [0.25, 0.3) is 76.9 Å². The topological polar surface area (TPSA) is 16.4 Å². The highest BCUT2D eigenvalue weighted by molar-refractivity contribution is 6.10. The third-order valence-corrected chi connectivity index (χ3v) is 11.8. The third-order valence-electron chi connectivity index (χ3n) is 11.8. The molecule has 2 nitrogen and oxygen atoms in total. The zero-order chi connectivity index (χ0) is 36.7. The molecule has 10 aromatic rings. The number of hydrogen-bond donors (Lipinski definition) is 0. The van der Waals surface area contributed by atoms with Crippen LogP contribution in [0.1, 0.15) is 25.0 Å². The first-order chi connectivity index (χ1) is 27.0. The van der Waals surface area contributed by atoms with Gasteiger partial charge in [0.1, 0.15) is 11.2 Å². The summed E-state index contributed by atoms with van der Waals surface area (Å²) in [5.74, 6) is 0. The second kappa shape index (κ2) is 12.1. The number of furan rings is 1. The van der Waals surface area contributed by atoms with Crippen LogP contribution >= 0.6 is 0 Å². The maximum absolute atomic E-state index is 6.26. The van der Waals surface area contributed by atoms with E-state index in [9.17, 15) is 0 Å². The van der Waals surface area contributed by atoms with Crippen LogP contribution in [0.4, 0.5) is 17.1 Å². The lowest BCUT2D eigenvalue weighted by Crippen LogP contribution is -2.16. The number of hydrogen-bond acceptors (Lipinski definition) is 2. The molecule has 0 radical (unpaired) electrons. The summed E-state index contributed by atoms with van der Waals surface area (Å²) in [6, 6.07) is 68.6. The van der Waals surface area contributed by atoms with Gasteiger partial charge in [-0.15, -0.1) is 0 Å². The van der Waals surface area contributed by atoms with Crippen molar-refractivity contribution < 1.29 is 4.42 Å². The lowest BCUT2D eigenvalue weighted by Gasteiger charge is -2.31. The van der Waals surface area contributed by atoms with E-state index >= 15 is 0 Å². The summed E-state index contributed by atoms with van der Waals surface area (Å²) in [4.78, 5) is 2.48. The number of anilines is 3. The smallest absolute Gasteiger partial charge is 0.136 e. The van der Waals surface area contributed by atoms with Crippen LogP contribution in [0.3, 0.4) is 0 Å². The van der Waals surface area contributed by atoms with Crippen molar-refractivity contribution in [3.8, 4) is 33.4 Å². The van der Waals surface area contributed by atoms with Gasteiger partial charge in [-0.2, -0.15) is 0 Å². The molecule has 0 atom stereocenters. The predicted molar refractivity (Wildman–Crippen MR) is 232 cm³/mol. The van der Waals surface area contributed by atoms with E-state index in [-0.39, 0.29) is 5.41 Å². The summed E-state index contributed by atoms with van der Waals surface area (Å²) in [7, 11) is 0. The Morgan fingerprint density at radius 1 is 0.400 bits per heavy atom. The molecule has 0 bridgehead atoms. The maximum Gasteiger partial charge on any atom is 0.136 e. The molecule has 1 aromatic heterocycles. The zero-order valence-corrected chi connectivity index (χ0v) is 30.8. The molecule has 1 aliphatic rings. The van der Waals surface area contributed by atoms with Gasteiger partial charge in [-0.05, 0) is 103 Å². The number of rotatable bonds is 5. The monoisotopic (exact) mass is 703 g/mol. The van der Waals surface area contributed by atoms with E-state index < -0.39 is 0 Å². The molecule has 1 heterocycles. The van der Waals surface area contributed by atoms with Gasteiger partial charge in [0.05, 0.1) is 11.4 Å². The Morgan fingerprint density at radius 2 is 1.05 bits per heavy atom. The molecule has 0 saturated carbocycles. The first-order valence-electron chi connectivity index (χ1n) is 19.1. The van der Waals surface area contributed by atoms with Crippen molar-refractivity contribution in [3.63, 3.8) is 0 Å². The van der Waals surface area contributed by atoms with Crippen LogP contribution in [-0.4, -0.2) is 0 Å². The molecular formula is C53H37NO. The molecule has 0 unspecified atom stereocenters. The van der Waals surface area contributed by atoms with Gasteiger partial charge in [0.15, 0.2) is 0 Å². The van der Waals surface area contributed by atoms with Gasteiger partial charge in [-0.1, -0.05) is 153 Å². The van der Waals surface area contributed by atoms with Crippen LogP contribution in [0.5, 0.6) is 0 Å². The van der Waals surface area contributed by atoms with E-state index in [2.05, 4.69) is 195 Å². The Hall–Kier alpha value is -6.90. The minimum absolute atomic E-state index is 0.114. The lowest BCUT2D eigenvalue weighted by atomic mass is 9.82. The Bertz CT molecular complexity index is 3120. The summed E-state index contributed by atoms with van der Waals surface area (Å²) in [5, 5.41) is 7.16. The number of nitrogens with zero attached hydrogens (tertiary/aromatic N) is 1. The van der Waals surface area contributed by atoms with Crippen molar-refractivity contribution in [1.82, 2.24) is 0 Å². The highest BCUT2D eigenvalue weighted by Gasteiger charge is 2.38. The fraction of sp³-hybridized carbons (Fsp3) is 0.0566. The molecule has 9 aromatic carbocycles. The van der Waals surface area contributed by atoms with Gasteiger partial charge in [0.2, 0.25) is 0 Å². The van der Waals surface area contributed by atoms with Gasteiger partial charge in [0.25, 0.3) is 0 Å².